The van der Waals surface area contributed by atoms with Crippen molar-refractivity contribution < 1.29 is 4.79 Å². The fraction of sp³-hybridized carbons (Fsp3) is 0.692. The minimum Gasteiger partial charge on any atom is -0.337 e. The Labute approximate surface area is 118 Å². The molecule has 2 heterocycles. The number of nitrogens with zero attached hydrogens (tertiary/aromatic N) is 3. The first kappa shape index (κ1) is 14.3. The number of amides is 1. The van der Waals surface area contributed by atoms with Gasteiger partial charge in [-0.25, -0.2) is 0 Å². The van der Waals surface area contributed by atoms with Gasteiger partial charge in [-0.1, -0.05) is 25.4 Å². The maximum absolute atomic E-state index is 12.7. The Morgan fingerprint density at radius 2 is 2.26 bits per heavy atom. The van der Waals surface area contributed by atoms with Crippen molar-refractivity contribution >= 4 is 17.5 Å². The molecule has 106 valence electrons. The van der Waals surface area contributed by atoms with Crippen molar-refractivity contribution in [3.05, 3.63) is 16.4 Å². The number of likely N-dealkylation sites (N-methyl/N-ethyl adjacent to an activating group) is 1. The number of hydrogen-bond acceptors (Lipinski definition) is 3. The summed E-state index contributed by atoms with van der Waals surface area (Å²) in [5.41, 5.74) is 1.32. The van der Waals surface area contributed by atoms with Crippen LogP contribution in [-0.2, 0) is 7.05 Å². The average Bonchev–Trinajstić information content (AvgIpc) is 2.97. The quantitative estimate of drug-likeness (QED) is 0.918. The van der Waals surface area contributed by atoms with Crippen molar-refractivity contribution in [3.8, 4) is 0 Å². The minimum atomic E-state index is -0.0319. The molecule has 0 radical (unpaired) electrons. The van der Waals surface area contributed by atoms with Gasteiger partial charge in [0, 0.05) is 26.7 Å². The molecule has 1 aliphatic rings. The summed E-state index contributed by atoms with van der Waals surface area (Å²) in [5, 5.41) is 8.05. The molecule has 1 N–H and O–H groups in total. The van der Waals surface area contributed by atoms with Gasteiger partial charge in [0.2, 0.25) is 0 Å². The topological polar surface area (TPSA) is 50.2 Å². The van der Waals surface area contributed by atoms with Crippen LogP contribution in [-0.4, -0.2) is 46.8 Å². The largest absolute Gasteiger partial charge is 0.337 e. The zero-order valence-corrected chi connectivity index (χ0v) is 12.7. The summed E-state index contributed by atoms with van der Waals surface area (Å²) in [6.07, 6.45) is 0.983. The van der Waals surface area contributed by atoms with Crippen molar-refractivity contribution in [2.75, 3.05) is 20.1 Å². The van der Waals surface area contributed by atoms with Crippen molar-refractivity contribution in [2.45, 2.75) is 32.2 Å². The van der Waals surface area contributed by atoms with Gasteiger partial charge in [0.25, 0.3) is 5.91 Å². The standard InChI is InChI=1S/C13H21ClN4O/c1-8(2)11-10(12(14)18(4)16-11)13(19)17(3)9-5-6-15-7-9/h8-9,15H,5-7H2,1-4H3/t9-/m1/s1. The van der Waals surface area contributed by atoms with Crippen LogP contribution in [0.5, 0.6) is 0 Å². The van der Waals surface area contributed by atoms with Crippen LogP contribution in [0.2, 0.25) is 5.15 Å². The minimum absolute atomic E-state index is 0.0319. The molecule has 1 fully saturated rings. The Bertz CT molecular complexity index is 477. The molecule has 0 aliphatic carbocycles. The third kappa shape index (κ3) is 2.62. The number of halogens is 1. The number of aryl methyl sites for hydroxylation is 1. The van der Waals surface area contributed by atoms with E-state index in [1.165, 1.54) is 0 Å². The van der Waals surface area contributed by atoms with E-state index in [-0.39, 0.29) is 17.9 Å². The third-order valence-corrected chi connectivity index (χ3v) is 4.10. The Balaban J connectivity index is 2.32. The van der Waals surface area contributed by atoms with E-state index in [1.807, 2.05) is 20.9 Å². The van der Waals surface area contributed by atoms with Crippen molar-refractivity contribution in [2.24, 2.45) is 7.05 Å². The summed E-state index contributed by atoms with van der Waals surface area (Å²) in [7, 11) is 3.61. The summed E-state index contributed by atoms with van der Waals surface area (Å²) in [5.74, 6) is 0.142. The highest BCUT2D eigenvalue weighted by molar-refractivity contribution is 6.33. The molecule has 0 aromatic carbocycles. The van der Waals surface area contributed by atoms with Gasteiger partial charge < -0.3 is 10.2 Å². The molecule has 0 unspecified atom stereocenters. The summed E-state index contributed by atoms with van der Waals surface area (Å²) < 4.78 is 1.57. The fourth-order valence-corrected chi connectivity index (χ4v) is 2.65. The number of rotatable bonds is 3. The summed E-state index contributed by atoms with van der Waals surface area (Å²) in [6, 6.07) is 0.240. The SMILES string of the molecule is CC(C)c1nn(C)c(Cl)c1C(=O)N(C)[C@@H]1CCNC1. The van der Waals surface area contributed by atoms with Gasteiger partial charge in [-0.3, -0.25) is 9.48 Å². The van der Waals surface area contributed by atoms with Gasteiger partial charge in [-0.05, 0) is 18.9 Å². The van der Waals surface area contributed by atoms with Crippen LogP contribution in [0.15, 0.2) is 0 Å². The zero-order chi connectivity index (χ0) is 14.2. The second-order valence-electron chi connectivity index (χ2n) is 5.39. The van der Waals surface area contributed by atoms with Gasteiger partial charge >= 0.3 is 0 Å². The molecule has 1 aromatic rings. The normalized spacial score (nSPS) is 19.2. The number of carbonyl (C=O) groups is 1. The molecule has 1 amide bonds. The highest BCUT2D eigenvalue weighted by Crippen LogP contribution is 2.27. The van der Waals surface area contributed by atoms with Crippen LogP contribution in [0.1, 0.15) is 42.2 Å². The molecular formula is C13H21ClN4O. The smallest absolute Gasteiger partial charge is 0.258 e. The molecule has 5 nitrogen and oxygen atoms in total. The number of hydrogen-bond donors (Lipinski definition) is 1. The molecule has 19 heavy (non-hydrogen) atoms. The molecule has 0 bridgehead atoms. The first-order valence-electron chi connectivity index (χ1n) is 6.63. The van der Waals surface area contributed by atoms with Gasteiger partial charge in [-0.2, -0.15) is 5.10 Å². The lowest BCUT2D eigenvalue weighted by Gasteiger charge is -2.24. The van der Waals surface area contributed by atoms with Crippen LogP contribution in [0.25, 0.3) is 0 Å². The lowest BCUT2D eigenvalue weighted by atomic mass is 10.0. The summed E-state index contributed by atoms with van der Waals surface area (Å²) in [6.45, 7) is 5.84. The van der Waals surface area contributed by atoms with E-state index >= 15 is 0 Å². The monoisotopic (exact) mass is 284 g/mol. The van der Waals surface area contributed by atoms with Gasteiger partial charge in [0.05, 0.1) is 11.3 Å². The lowest BCUT2D eigenvalue weighted by molar-refractivity contribution is 0.0742. The molecule has 1 aromatic heterocycles. The van der Waals surface area contributed by atoms with Crippen LogP contribution >= 0.6 is 11.6 Å². The van der Waals surface area contributed by atoms with E-state index in [9.17, 15) is 4.79 Å². The molecule has 0 saturated carbocycles. The van der Waals surface area contributed by atoms with Crippen LogP contribution in [0, 0.1) is 0 Å². The van der Waals surface area contributed by atoms with E-state index in [0.717, 1.165) is 25.2 Å². The second kappa shape index (κ2) is 5.51. The first-order chi connectivity index (χ1) is 8.93. The molecule has 6 heteroatoms. The van der Waals surface area contributed by atoms with Crippen LogP contribution in [0.4, 0.5) is 0 Å². The Kier molecular flexibility index (Phi) is 4.16. The predicted molar refractivity (Wildman–Crippen MR) is 75.7 cm³/mol. The number of aromatic nitrogens is 2. The second-order valence-corrected chi connectivity index (χ2v) is 5.75. The van der Waals surface area contributed by atoms with Crippen LogP contribution in [0.3, 0.4) is 0 Å². The Morgan fingerprint density at radius 3 is 2.79 bits per heavy atom. The van der Waals surface area contributed by atoms with E-state index in [2.05, 4.69) is 10.4 Å². The predicted octanol–water partition coefficient (Wildman–Crippen LogP) is 1.63. The summed E-state index contributed by atoms with van der Waals surface area (Å²) >= 11 is 6.24. The van der Waals surface area contributed by atoms with E-state index < -0.39 is 0 Å². The van der Waals surface area contributed by atoms with E-state index in [0.29, 0.717) is 10.7 Å². The van der Waals surface area contributed by atoms with Crippen LogP contribution < -0.4 is 5.32 Å². The van der Waals surface area contributed by atoms with E-state index in [4.69, 9.17) is 11.6 Å². The third-order valence-electron chi connectivity index (χ3n) is 3.67. The molecule has 2 rings (SSSR count). The molecule has 1 aliphatic heterocycles. The lowest BCUT2D eigenvalue weighted by Crippen LogP contribution is -2.38. The fourth-order valence-electron chi connectivity index (χ4n) is 2.44. The van der Waals surface area contributed by atoms with Gasteiger partial charge in [-0.15, -0.1) is 0 Å². The highest BCUT2D eigenvalue weighted by atomic mass is 35.5. The maximum atomic E-state index is 12.7. The van der Waals surface area contributed by atoms with Crippen molar-refractivity contribution in [3.63, 3.8) is 0 Å². The number of carbonyl (C=O) groups excluding carboxylic acids is 1. The maximum Gasteiger partial charge on any atom is 0.258 e. The van der Waals surface area contributed by atoms with Crippen molar-refractivity contribution in [1.82, 2.24) is 20.0 Å². The zero-order valence-electron chi connectivity index (χ0n) is 11.9. The molecule has 1 atom stereocenters. The first-order valence-corrected chi connectivity index (χ1v) is 7.01. The van der Waals surface area contributed by atoms with Gasteiger partial charge in [0.15, 0.2) is 0 Å². The highest BCUT2D eigenvalue weighted by Gasteiger charge is 2.30. The molecule has 1 saturated heterocycles. The number of nitrogens with one attached hydrogen (secondary N) is 1. The van der Waals surface area contributed by atoms with E-state index in [1.54, 1.807) is 16.6 Å². The Hall–Kier alpha value is -1.07. The summed E-state index contributed by atoms with van der Waals surface area (Å²) in [4.78, 5) is 14.4. The molecule has 0 spiro atoms. The van der Waals surface area contributed by atoms with Gasteiger partial charge in [0.1, 0.15) is 5.15 Å². The van der Waals surface area contributed by atoms with Crippen molar-refractivity contribution in [1.29, 1.82) is 0 Å². The Morgan fingerprint density at radius 1 is 1.58 bits per heavy atom. The molecular weight excluding hydrogens is 264 g/mol. The average molecular weight is 285 g/mol.